The fraction of sp³-hybridized carbons (Fsp3) is 0.500. The number of hydrogen-bond donors (Lipinski definition) is 1. The molecule has 0 spiro atoms. The summed E-state index contributed by atoms with van der Waals surface area (Å²) in [7, 11) is 0. The van der Waals surface area contributed by atoms with E-state index in [0.29, 0.717) is 36.4 Å². The van der Waals surface area contributed by atoms with Crippen LogP contribution in [-0.2, 0) is 11.3 Å². The summed E-state index contributed by atoms with van der Waals surface area (Å²) in [5.74, 6) is 0.515. The normalized spacial score (nSPS) is 12.6. The number of rotatable bonds is 7. The minimum Gasteiger partial charge on any atom is -0.450 e. The van der Waals surface area contributed by atoms with Gasteiger partial charge in [0, 0.05) is 35.8 Å². The SMILES string of the molecule is CCOC(=O)Nc1ccc2c(CN(CC)C(C)C(C)C)cc(=O)oc2c1. The van der Waals surface area contributed by atoms with Gasteiger partial charge in [-0.3, -0.25) is 10.2 Å². The molecule has 2 rings (SSSR count). The number of benzene rings is 1. The Bertz CT molecular complexity index is 813. The highest BCUT2D eigenvalue weighted by Gasteiger charge is 2.18. The van der Waals surface area contributed by atoms with Crippen molar-refractivity contribution in [2.24, 2.45) is 5.92 Å². The lowest BCUT2D eigenvalue weighted by molar-refractivity contribution is 0.168. The van der Waals surface area contributed by atoms with Crippen molar-refractivity contribution in [3.8, 4) is 0 Å². The fourth-order valence-corrected chi connectivity index (χ4v) is 2.91. The van der Waals surface area contributed by atoms with E-state index in [9.17, 15) is 9.59 Å². The van der Waals surface area contributed by atoms with Crippen LogP contribution in [0.15, 0.2) is 33.5 Å². The van der Waals surface area contributed by atoms with Crippen molar-refractivity contribution in [3.05, 3.63) is 40.2 Å². The lowest BCUT2D eigenvalue weighted by atomic mass is 10.0. The largest absolute Gasteiger partial charge is 0.450 e. The van der Waals surface area contributed by atoms with E-state index in [2.05, 4.69) is 37.9 Å². The van der Waals surface area contributed by atoms with Gasteiger partial charge < -0.3 is 9.15 Å². The Hall–Kier alpha value is -2.34. The number of carbonyl (C=O) groups is 1. The summed E-state index contributed by atoms with van der Waals surface area (Å²) in [6.07, 6.45) is -0.534. The van der Waals surface area contributed by atoms with Crippen LogP contribution in [0.4, 0.5) is 10.5 Å². The van der Waals surface area contributed by atoms with Crippen molar-refractivity contribution in [3.63, 3.8) is 0 Å². The van der Waals surface area contributed by atoms with E-state index >= 15 is 0 Å². The van der Waals surface area contributed by atoms with Gasteiger partial charge in [0.2, 0.25) is 0 Å². The second-order valence-electron chi connectivity index (χ2n) is 6.69. The van der Waals surface area contributed by atoms with Crippen LogP contribution in [-0.4, -0.2) is 30.2 Å². The Labute approximate surface area is 154 Å². The van der Waals surface area contributed by atoms with E-state index < -0.39 is 11.7 Å². The monoisotopic (exact) mass is 360 g/mol. The summed E-state index contributed by atoms with van der Waals surface area (Å²) in [5.41, 5.74) is 1.51. The number of hydrogen-bond acceptors (Lipinski definition) is 5. The zero-order valence-corrected chi connectivity index (χ0v) is 16.2. The number of anilines is 1. The number of ether oxygens (including phenoxy) is 1. The summed E-state index contributed by atoms with van der Waals surface area (Å²) in [6.45, 7) is 12.3. The second kappa shape index (κ2) is 8.85. The van der Waals surface area contributed by atoms with Crippen molar-refractivity contribution in [2.45, 2.75) is 47.2 Å². The van der Waals surface area contributed by atoms with Crippen LogP contribution in [0.25, 0.3) is 11.0 Å². The van der Waals surface area contributed by atoms with Gasteiger partial charge in [0.1, 0.15) is 5.58 Å². The van der Waals surface area contributed by atoms with Crippen LogP contribution in [0.5, 0.6) is 0 Å². The molecular formula is C20H28N2O4. The Morgan fingerprint density at radius 2 is 1.96 bits per heavy atom. The van der Waals surface area contributed by atoms with Gasteiger partial charge in [-0.05, 0) is 44.0 Å². The van der Waals surface area contributed by atoms with Crippen LogP contribution in [0, 0.1) is 5.92 Å². The number of nitrogens with zero attached hydrogens (tertiary/aromatic N) is 1. The summed E-state index contributed by atoms with van der Waals surface area (Å²) >= 11 is 0. The smallest absolute Gasteiger partial charge is 0.411 e. The molecule has 0 saturated carbocycles. The van der Waals surface area contributed by atoms with Gasteiger partial charge in [-0.25, -0.2) is 9.59 Å². The molecule has 0 aliphatic heterocycles. The lowest BCUT2D eigenvalue weighted by Gasteiger charge is -2.31. The number of fused-ring (bicyclic) bond motifs is 1. The van der Waals surface area contributed by atoms with Crippen molar-refractivity contribution in [1.82, 2.24) is 4.90 Å². The molecule has 0 aliphatic rings. The molecule has 1 N–H and O–H groups in total. The van der Waals surface area contributed by atoms with Crippen LogP contribution in [0.3, 0.4) is 0 Å². The molecule has 1 aromatic carbocycles. The summed E-state index contributed by atoms with van der Waals surface area (Å²) in [5, 5.41) is 3.49. The second-order valence-corrected chi connectivity index (χ2v) is 6.69. The molecule has 0 radical (unpaired) electrons. The first kappa shape index (κ1) is 20.0. The third-order valence-electron chi connectivity index (χ3n) is 4.67. The zero-order chi connectivity index (χ0) is 19.3. The third-order valence-corrected chi connectivity index (χ3v) is 4.67. The molecule has 1 amide bonds. The van der Waals surface area contributed by atoms with Crippen molar-refractivity contribution < 1.29 is 13.9 Å². The first-order valence-corrected chi connectivity index (χ1v) is 9.10. The van der Waals surface area contributed by atoms with Crippen LogP contribution in [0.1, 0.15) is 40.2 Å². The zero-order valence-electron chi connectivity index (χ0n) is 16.2. The molecule has 2 aromatic rings. The molecule has 6 nitrogen and oxygen atoms in total. The molecule has 0 bridgehead atoms. The standard InChI is InChI=1S/C20H28N2O4/c1-6-22(14(5)13(3)4)12-15-10-19(23)26-18-11-16(8-9-17(15)18)21-20(24)25-7-2/h8-11,13-14H,6-7,12H2,1-5H3,(H,21,24). The molecule has 1 heterocycles. The lowest BCUT2D eigenvalue weighted by Crippen LogP contribution is -2.36. The van der Waals surface area contributed by atoms with Crippen molar-refractivity contribution in [1.29, 1.82) is 0 Å². The van der Waals surface area contributed by atoms with E-state index in [1.165, 1.54) is 0 Å². The molecule has 142 valence electrons. The van der Waals surface area contributed by atoms with Gasteiger partial charge in [-0.15, -0.1) is 0 Å². The Morgan fingerprint density at radius 1 is 1.23 bits per heavy atom. The molecule has 26 heavy (non-hydrogen) atoms. The topological polar surface area (TPSA) is 71.8 Å². The molecule has 6 heteroatoms. The number of amides is 1. The predicted molar refractivity (Wildman–Crippen MR) is 104 cm³/mol. The van der Waals surface area contributed by atoms with Gasteiger partial charge in [-0.1, -0.05) is 20.8 Å². The van der Waals surface area contributed by atoms with Gasteiger partial charge >= 0.3 is 11.7 Å². The molecular weight excluding hydrogens is 332 g/mol. The van der Waals surface area contributed by atoms with Crippen LogP contribution >= 0.6 is 0 Å². The average molecular weight is 360 g/mol. The molecule has 1 atom stereocenters. The number of carbonyl (C=O) groups excluding carboxylic acids is 1. The Morgan fingerprint density at radius 3 is 2.58 bits per heavy atom. The molecule has 0 aliphatic carbocycles. The van der Waals surface area contributed by atoms with Crippen molar-refractivity contribution in [2.75, 3.05) is 18.5 Å². The van der Waals surface area contributed by atoms with Gasteiger partial charge in [0.15, 0.2) is 0 Å². The van der Waals surface area contributed by atoms with Crippen LogP contribution in [0.2, 0.25) is 0 Å². The maximum atomic E-state index is 12.0. The van der Waals surface area contributed by atoms with E-state index in [1.54, 1.807) is 25.1 Å². The maximum Gasteiger partial charge on any atom is 0.411 e. The third kappa shape index (κ3) is 4.85. The van der Waals surface area contributed by atoms with E-state index in [4.69, 9.17) is 9.15 Å². The highest BCUT2D eigenvalue weighted by Crippen LogP contribution is 2.24. The molecule has 0 fully saturated rings. The summed E-state index contributed by atoms with van der Waals surface area (Å²) in [6, 6.07) is 7.25. The fourth-order valence-electron chi connectivity index (χ4n) is 2.91. The molecule has 0 saturated heterocycles. The average Bonchev–Trinajstić information content (AvgIpc) is 2.58. The first-order chi connectivity index (χ1) is 12.3. The summed E-state index contributed by atoms with van der Waals surface area (Å²) in [4.78, 5) is 25.9. The quantitative estimate of drug-likeness (QED) is 0.748. The minimum atomic E-state index is -0.534. The highest BCUT2D eigenvalue weighted by molar-refractivity contribution is 5.89. The Balaban J connectivity index is 2.35. The van der Waals surface area contributed by atoms with Gasteiger partial charge in [-0.2, -0.15) is 0 Å². The minimum absolute atomic E-state index is 0.291. The van der Waals surface area contributed by atoms with E-state index in [0.717, 1.165) is 17.5 Å². The Kier molecular flexibility index (Phi) is 6.80. The van der Waals surface area contributed by atoms with Crippen LogP contribution < -0.4 is 10.9 Å². The maximum absolute atomic E-state index is 12.0. The van der Waals surface area contributed by atoms with E-state index in [1.807, 2.05) is 6.07 Å². The summed E-state index contributed by atoms with van der Waals surface area (Å²) < 4.78 is 10.2. The van der Waals surface area contributed by atoms with Gasteiger partial charge in [0.05, 0.1) is 6.61 Å². The van der Waals surface area contributed by atoms with E-state index in [-0.39, 0.29) is 0 Å². The first-order valence-electron chi connectivity index (χ1n) is 9.10. The number of nitrogens with one attached hydrogen (secondary N) is 1. The van der Waals surface area contributed by atoms with Crippen molar-refractivity contribution >= 4 is 22.7 Å². The predicted octanol–water partition coefficient (Wildman–Crippen LogP) is 4.23. The molecule has 1 unspecified atom stereocenters. The van der Waals surface area contributed by atoms with Gasteiger partial charge in [0.25, 0.3) is 0 Å². The highest BCUT2D eigenvalue weighted by atomic mass is 16.5. The molecule has 1 aromatic heterocycles.